The largest absolute Gasteiger partial charge is 0.399 e. The Hall–Kier alpha value is -1.60. The van der Waals surface area contributed by atoms with E-state index >= 15 is 0 Å². The molecule has 0 heterocycles. The van der Waals surface area contributed by atoms with Crippen molar-refractivity contribution in [3.05, 3.63) is 24.3 Å². The normalized spacial score (nSPS) is 13.0. The fourth-order valence-electron chi connectivity index (χ4n) is 1.33. The second-order valence-corrected chi connectivity index (χ2v) is 5.52. The monoisotopic (exact) mass is 271 g/mol. The second-order valence-electron chi connectivity index (χ2n) is 3.81. The Morgan fingerprint density at radius 1 is 1.33 bits per heavy atom. The second kappa shape index (κ2) is 5.83. The van der Waals surface area contributed by atoms with Crippen molar-refractivity contribution in [1.29, 1.82) is 0 Å². The van der Waals surface area contributed by atoms with Gasteiger partial charge in [-0.3, -0.25) is 4.79 Å². The summed E-state index contributed by atoms with van der Waals surface area (Å²) in [6.07, 6.45) is 0. The van der Waals surface area contributed by atoms with Crippen LogP contribution in [0.4, 0.5) is 5.69 Å². The van der Waals surface area contributed by atoms with Crippen molar-refractivity contribution in [2.75, 3.05) is 12.3 Å². The molecule has 0 saturated carbocycles. The predicted octanol–water partition coefficient (Wildman–Crippen LogP) is 0.0717. The van der Waals surface area contributed by atoms with Crippen LogP contribution in [0.2, 0.25) is 0 Å². The molecule has 0 bridgehead atoms. The number of sulfonamides is 1. The maximum Gasteiger partial charge on any atom is 0.241 e. The first-order chi connectivity index (χ1) is 8.36. The van der Waals surface area contributed by atoms with Gasteiger partial charge in [-0.15, -0.1) is 0 Å². The number of nitrogens with one attached hydrogen (secondary N) is 2. The number of nitrogens with two attached hydrogens (primary N) is 1. The number of rotatable bonds is 5. The van der Waals surface area contributed by atoms with E-state index in [4.69, 9.17) is 5.73 Å². The zero-order valence-corrected chi connectivity index (χ0v) is 11.1. The number of carbonyl (C=O) groups is 1. The number of anilines is 1. The molecule has 0 aliphatic heterocycles. The highest BCUT2D eigenvalue weighted by molar-refractivity contribution is 7.89. The molecule has 1 aromatic carbocycles. The average Bonchev–Trinajstić information content (AvgIpc) is 2.29. The lowest BCUT2D eigenvalue weighted by atomic mass is 10.3. The molecule has 1 aromatic rings. The van der Waals surface area contributed by atoms with Gasteiger partial charge in [-0.1, -0.05) is 0 Å². The summed E-state index contributed by atoms with van der Waals surface area (Å²) in [6.45, 7) is 3.70. The molecule has 4 N–H and O–H groups in total. The first kappa shape index (κ1) is 14.5. The van der Waals surface area contributed by atoms with Gasteiger partial charge in [0.1, 0.15) is 0 Å². The van der Waals surface area contributed by atoms with E-state index in [2.05, 4.69) is 10.0 Å². The SMILES string of the molecule is CCNC(=O)C(C)NS(=O)(=O)c1ccc(N)cc1. The lowest BCUT2D eigenvalue weighted by molar-refractivity contribution is -0.122. The van der Waals surface area contributed by atoms with E-state index in [-0.39, 0.29) is 10.8 Å². The highest BCUT2D eigenvalue weighted by atomic mass is 32.2. The van der Waals surface area contributed by atoms with E-state index in [0.717, 1.165) is 0 Å². The molecule has 100 valence electrons. The molecule has 1 amide bonds. The van der Waals surface area contributed by atoms with Crippen LogP contribution in [0.25, 0.3) is 0 Å². The number of benzene rings is 1. The number of nitrogen functional groups attached to an aromatic ring is 1. The van der Waals surface area contributed by atoms with Gasteiger partial charge in [-0.2, -0.15) is 4.72 Å². The highest BCUT2D eigenvalue weighted by Gasteiger charge is 2.21. The highest BCUT2D eigenvalue weighted by Crippen LogP contribution is 2.11. The molecule has 1 atom stereocenters. The van der Waals surface area contributed by atoms with Gasteiger partial charge in [-0.05, 0) is 38.1 Å². The first-order valence-corrected chi connectivity index (χ1v) is 7.00. The molecule has 6 nitrogen and oxygen atoms in total. The minimum atomic E-state index is -3.71. The number of hydrogen-bond acceptors (Lipinski definition) is 4. The lowest BCUT2D eigenvalue weighted by Gasteiger charge is -2.13. The van der Waals surface area contributed by atoms with Crippen molar-refractivity contribution in [1.82, 2.24) is 10.0 Å². The molecule has 1 rings (SSSR count). The van der Waals surface area contributed by atoms with Crippen LogP contribution in [0.15, 0.2) is 29.2 Å². The van der Waals surface area contributed by atoms with Crippen LogP contribution in [0.3, 0.4) is 0 Å². The van der Waals surface area contributed by atoms with Crippen LogP contribution >= 0.6 is 0 Å². The third-order valence-electron chi connectivity index (χ3n) is 2.27. The predicted molar refractivity (Wildman–Crippen MR) is 69.3 cm³/mol. The molecular weight excluding hydrogens is 254 g/mol. The topological polar surface area (TPSA) is 101 Å². The minimum absolute atomic E-state index is 0.0767. The summed E-state index contributed by atoms with van der Waals surface area (Å²) in [5, 5.41) is 2.54. The van der Waals surface area contributed by atoms with Crippen molar-refractivity contribution < 1.29 is 13.2 Å². The molecule has 0 spiro atoms. The fourth-order valence-corrected chi connectivity index (χ4v) is 2.53. The van der Waals surface area contributed by atoms with Crippen LogP contribution < -0.4 is 15.8 Å². The van der Waals surface area contributed by atoms with E-state index in [9.17, 15) is 13.2 Å². The van der Waals surface area contributed by atoms with Gasteiger partial charge in [0.2, 0.25) is 15.9 Å². The summed E-state index contributed by atoms with van der Waals surface area (Å²) in [5.74, 6) is -0.364. The molecule has 7 heteroatoms. The van der Waals surface area contributed by atoms with Gasteiger partial charge in [0.05, 0.1) is 10.9 Å². The molecule has 0 fully saturated rings. The Balaban J connectivity index is 2.82. The molecule has 0 aliphatic rings. The fraction of sp³-hybridized carbons (Fsp3) is 0.364. The maximum atomic E-state index is 11.9. The van der Waals surface area contributed by atoms with Crippen molar-refractivity contribution in [3.63, 3.8) is 0 Å². The summed E-state index contributed by atoms with van der Waals surface area (Å²) < 4.78 is 26.2. The third-order valence-corrected chi connectivity index (χ3v) is 3.82. The lowest BCUT2D eigenvalue weighted by Crippen LogP contribution is -2.44. The zero-order valence-electron chi connectivity index (χ0n) is 10.3. The van der Waals surface area contributed by atoms with Crippen molar-refractivity contribution in [2.45, 2.75) is 24.8 Å². The number of carbonyl (C=O) groups excluding carboxylic acids is 1. The smallest absolute Gasteiger partial charge is 0.241 e. The van der Waals surface area contributed by atoms with E-state index in [0.29, 0.717) is 12.2 Å². The molecule has 18 heavy (non-hydrogen) atoms. The molecule has 0 saturated heterocycles. The van der Waals surface area contributed by atoms with E-state index < -0.39 is 16.1 Å². The standard InChI is InChI=1S/C11H17N3O3S/c1-3-13-11(15)8(2)14-18(16,17)10-6-4-9(12)5-7-10/h4-8,14H,3,12H2,1-2H3,(H,13,15). The molecular formula is C11H17N3O3S. The van der Waals surface area contributed by atoms with Gasteiger partial charge in [0.15, 0.2) is 0 Å². The molecule has 0 radical (unpaired) electrons. The van der Waals surface area contributed by atoms with Crippen molar-refractivity contribution >= 4 is 21.6 Å². The van der Waals surface area contributed by atoms with Gasteiger partial charge >= 0.3 is 0 Å². The van der Waals surface area contributed by atoms with Gasteiger partial charge in [-0.25, -0.2) is 8.42 Å². The minimum Gasteiger partial charge on any atom is -0.399 e. The van der Waals surface area contributed by atoms with Gasteiger partial charge in [0, 0.05) is 12.2 Å². The van der Waals surface area contributed by atoms with Crippen LogP contribution in [0.5, 0.6) is 0 Å². The first-order valence-electron chi connectivity index (χ1n) is 5.52. The Labute approximate surface area is 107 Å². The number of amides is 1. The van der Waals surface area contributed by atoms with Crippen molar-refractivity contribution in [3.8, 4) is 0 Å². The molecule has 0 aliphatic carbocycles. The summed E-state index contributed by atoms with van der Waals surface area (Å²) >= 11 is 0. The Bertz CT molecular complexity index is 511. The molecule has 0 aromatic heterocycles. The number of likely N-dealkylation sites (N-methyl/N-ethyl adjacent to an activating group) is 1. The Morgan fingerprint density at radius 2 is 1.89 bits per heavy atom. The van der Waals surface area contributed by atoms with E-state index in [1.807, 2.05) is 0 Å². The van der Waals surface area contributed by atoms with Crippen molar-refractivity contribution in [2.24, 2.45) is 0 Å². The van der Waals surface area contributed by atoms with Crippen LogP contribution in [-0.4, -0.2) is 26.9 Å². The third kappa shape index (κ3) is 3.71. The van der Waals surface area contributed by atoms with Crippen LogP contribution in [0.1, 0.15) is 13.8 Å². The van der Waals surface area contributed by atoms with Gasteiger partial charge < -0.3 is 11.1 Å². The van der Waals surface area contributed by atoms with E-state index in [1.54, 1.807) is 6.92 Å². The quantitative estimate of drug-likeness (QED) is 0.660. The summed E-state index contributed by atoms with van der Waals surface area (Å²) in [5.41, 5.74) is 5.96. The van der Waals surface area contributed by atoms with Gasteiger partial charge in [0.25, 0.3) is 0 Å². The zero-order chi connectivity index (χ0) is 13.8. The average molecular weight is 271 g/mol. The Morgan fingerprint density at radius 3 is 2.39 bits per heavy atom. The summed E-state index contributed by atoms with van der Waals surface area (Å²) in [7, 11) is -3.71. The number of hydrogen-bond donors (Lipinski definition) is 3. The van der Waals surface area contributed by atoms with Crippen LogP contribution in [0, 0.1) is 0 Å². The Kier molecular flexibility index (Phi) is 4.69. The molecule has 1 unspecified atom stereocenters. The maximum absolute atomic E-state index is 11.9. The van der Waals surface area contributed by atoms with E-state index in [1.165, 1.54) is 31.2 Å². The summed E-state index contributed by atoms with van der Waals surface area (Å²) in [4.78, 5) is 11.5. The summed E-state index contributed by atoms with van der Waals surface area (Å²) in [6, 6.07) is 4.94. The van der Waals surface area contributed by atoms with Crippen LogP contribution in [-0.2, 0) is 14.8 Å².